The molecule has 9 heteroatoms. The third-order valence-electron chi connectivity index (χ3n) is 3.91. The molecule has 3 amide bonds. The fourth-order valence-electron chi connectivity index (χ4n) is 2.36. The summed E-state index contributed by atoms with van der Waals surface area (Å²) in [6, 6.07) is 8.84. The lowest BCUT2D eigenvalue weighted by molar-refractivity contribution is -0.116. The zero-order valence-corrected chi connectivity index (χ0v) is 15.1. The number of carbonyl (C=O) groups is 3. The molecule has 0 radical (unpaired) electrons. The number of primary amides is 1. The van der Waals surface area contributed by atoms with Crippen LogP contribution in [0.25, 0.3) is 0 Å². The van der Waals surface area contributed by atoms with E-state index in [9.17, 15) is 19.2 Å². The number of hydrogen-bond donors (Lipinski definition) is 2. The molecule has 1 aromatic heterocycles. The fourth-order valence-corrected chi connectivity index (χ4v) is 2.36. The predicted octanol–water partition coefficient (Wildman–Crippen LogP) is 0.370. The van der Waals surface area contributed by atoms with E-state index in [2.05, 4.69) is 10.4 Å². The first kappa shape index (κ1) is 19.8. The molecule has 1 aromatic carbocycles. The average Bonchev–Trinajstić information content (AvgIpc) is 2.64. The van der Waals surface area contributed by atoms with E-state index in [0.29, 0.717) is 17.8 Å². The molecule has 0 aliphatic rings. The predicted molar refractivity (Wildman–Crippen MR) is 99.3 cm³/mol. The van der Waals surface area contributed by atoms with Gasteiger partial charge in [-0.1, -0.05) is 0 Å². The number of hydrogen-bond acceptors (Lipinski definition) is 5. The summed E-state index contributed by atoms with van der Waals surface area (Å²) in [6.07, 6.45) is 0.0862. The first-order valence-electron chi connectivity index (χ1n) is 8.35. The van der Waals surface area contributed by atoms with Crippen molar-refractivity contribution in [1.29, 1.82) is 0 Å². The smallest absolute Gasteiger partial charge is 0.274 e. The molecular formula is C18H21N5O4. The van der Waals surface area contributed by atoms with E-state index in [1.807, 2.05) is 0 Å². The minimum Gasteiger partial charge on any atom is -0.366 e. The van der Waals surface area contributed by atoms with Crippen molar-refractivity contribution in [3.63, 3.8) is 0 Å². The van der Waals surface area contributed by atoms with Gasteiger partial charge in [0.2, 0.25) is 11.8 Å². The van der Waals surface area contributed by atoms with Crippen LogP contribution in [0.3, 0.4) is 0 Å². The topological polar surface area (TPSA) is 127 Å². The van der Waals surface area contributed by atoms with Gasteiger partial charge in [-0.2, -0.15) is 5.10 Å². The summed E-state index contributed by atoms with van der Waals surface area (Å²) in [6.45, 7) is 2.38. The molecule has 0 saturated heterocycles. The van der Waals surface area contributed by atoms with Gasteiger partial charge in [-0.25, -0.2) is 4.68 Å². The van der Waals surface area contributed by atoms with Gasteiger partial charge >= 0.3 is 0 Å². The second-order valence-corrected chi connectivity index (χ2v) is 5.81. The highest BCUT2D eigenvalue weighted by atomic mass is 16.2. The van der Waals surface area contributed by atoms with Crippen LogP contribution in [0.5, 0.6) is 0 Å². The van der Waals surface area contributed by atoms with Gasteiger partial charge < -0.3 is 16.0 Å². The summed E-state index contributed by atoms with van der Waals surface area (Å²) in [7, 11) is 1.46. The maximum atomic E-state index is 12.5. The molecule has 0 aliphatic heterocycles. The van der Waals surface area contributed by atoms with Crippen LogP contribution in [0.15, 0.2) is 41.2 Å². The summed E-state index contributed by atoms with van der Waals surface area (Å²) in [4.78, 5) is 48.5. The van der Waals surface area contributed by atoms with Crippen LogP contribution in [0.2, 0.25) is 0 Å². The third kappa shape index (κ3) is 5.24. The number of nitrogens with one attached hydrogen (secondary N) is 1. The minimum atomic E-state index is -0.544. The second kappa shape index (κ2) is 8.75. The van der Waals surface area contributed by atoms with Crippen LogP contribution < -0.4 is 16.6 Å². The van der Waals surface area contributed by atoms with Gasteiger partial charge in [0.1, 0.15) is 5.69 Å². The average molecular weight is 371 g/mol. The van der Waals surface area contributed by atoms with Crippen LogP contribution in [-0.4, -0.2) is 45.5 Å². The number of aryl methyl sites for hydroxylation is 1. The Kier molecular flexibility index (Phi) is 6.42. The number of anilines is 1. The Morgan fingerprint density at radius 2 is 1.81 bits per heavy atom. The van der Waals surface area contributed by atoms with E-state index < -0.39 is 5.91 Å². The maximum Gasteiger partial charge on any atom is 0.274 e. The monoisotopic (exact) mass is 371 g/mol. The number of nitrogens with two attached hydrogens (primary N) is 1. The van der Waals surface area contributed by atoms with Gasteiger partial charge in [0.05, 0.1) is 0 Å². The number of rotatable bonds is 7. The standard InChI is InChI=1S/C18H21N5O4/c1-3-23(18(27)14-8-9-16(25)22(2)21-14)11-10-15(24)20-13-6-4-12(5-7-13)17(19)26/h4-9H,3,10-11H2,1-2H3,(H2,19,26)(H,20,24). The Hall–Kier alpha value is -3.49. The highest BCUT2D eigenvalue weighted by Crippen LogP contribution is 2.10. The lowest BCUT2D eigenvalue weighted by Gasteiger charge is -2.20. The maximum absolute atomic E-state index is 12.5. The van der Waals surface area contributed by atoms with Gasteiger partial charge in [-0.3, -0.25) is 19.2 Å². The molecule has 0 bridgehead atoms. The van der Waals surface area contributed by atoms with E-state index >= 15 is 0 Å². The van der Waals surface area contributed by atoms with E-state index in [4.69, 9.17) is 5.73 Å². The summed E-state index contributed by atoms with van der Waals surface area (Å²) in [5.41, 5.74) is 5.87. The Morgan fingerprint density at radius 1 is 1.15 bits per heavy atom. The van der Waals surface area contributed by atoms with Gasteiger partial charge in [0.25, 0.3) is 11.5 Å². The quantitative estimate of drug-likeness (QED) is 0.727. The zero-order chi connectivity index (χ0) is 20.0. The van der Waals surface area contributed by atoms with Gasteiger partial charge in [0, 0.05) is 43.9 Å². The first-order valence-corrected chi connectivity index (χ1v) is 8.35. The molecule has 0 atom stereocenters. The molecule has 9 nitrogen and oxygen atoms in total. The van der Waals surface area contributed by atoms with E-state index in [1.165, 1.54) is 36.2 Å². The van der Waals surface area contributed by atoms with Gasteiger partial charge in [0.15, 0.2) is 0 Å². The van der Waals surface area contributed by atoms with E-state index in [0.717, 1.165) is 4.68 Å². The van der Waals surface area contributed by atoms with Crippen molar-refractivity contribution in [3.05, 3.63) is 58.0 Å². The molecule has 0 fully saturated rings. The minimum absolute atomic E-state index is 0.0862. The number of benzene rings is 1. The molecule has 27 heavy (non-hydrogen) atoms. The fraction of sp³-hybridized carbons (Fsp3) is 0.278. The molecule has 0 saturated carbocycles. The molecule has 2 aromatic rings. The Balaban J connectivity index is 1.95. The highest BCUT2D eigenvalue weighted by Gasteiger charge is 2.17. The molecule has 0 unspecified atom stereocenters. The van der Waals surface area contributed by atoms with Crippen LogP contribution in [0, 0.1) is 0 Å². The molecule has 0 aliphatic carbocycles. The Morgan fingerprint density at radius 3 is 2.37 bits per heavy atom. The molecule has 1 heterocycles. The summed E-state index contributed by atoms with van der Waals surface area (Å²) in [5, 5.41) is 6.63. The zero-order valence-electron chi connectivity index (χ0n) is 15.1. The van der Waals surface area contributed by atoms with Crippen molar-refractivity contribution in [2.75, 3.05) is 18.4 Å². The van der Waals surface area contributed by atoms with Gasteiger partial charge in [-0.15, -0.1) is 0 Å². The van der Waals surface area contributed by atoms with Gasteiger partial charge in [-0.05, 0) is 37.3 Å². The first-order chi connectivity index (χ1) is 12.8. The SMILES string of the molecule is CCN(CCC(=O)Nc1ccc(C(N)=O)cc1)C(=O)c1ccc(=O)n(C)n1. The normalized spacial score (nSPS) is 10.3. The second-order valence-electron chi connectivity index (χ2n) is 5.81. The Bertz CT molecular complexity index is 905. The molecule has 142 valence electrons. The van der Waals surface area contributed by atoms with Crippen molar-refractivity contribution in [3.8, 4) is 0 Å². The van der Waals surface area contributed by atoms with Crippen LogP contribution in [0.4, 0.5) is 5.69 Å². The van der Waals surface area contributed by atoms with Crippen molar-refractivity contribution < 1.29 is 14.4 Å². The van der Waals surface area contributed by atoms with Crippen LogP contribution in [-0.2, 0) is 11.8 Å². The lowest BCUT2D eigenvalue weighted by atomic mass is 10.2. The number of amides is 3. The van der Waals surface area contributed by atoms with Crippen molar-refractivity contribution >= 4 is 23.4 Å². The number of aromatic nitrogens is 2. The largest absolute Gasteiger partial charge is 0.366 e. The molecular weight excluding hydrogens is 350 g/mol. The summed E-state index contributed by atoms with van der Waals surface area (Å²) in [5.74, 6) is -1.18. The summed E-state index contributed by atoms with van der Waals surface area (Å²) >= 11 is 0. The Labute approximate surface area is 155 Å². The lowest BCUT2D eigenvalue weighted by Crippen LogP contribution is -2.35. The molecule has 3 N–H and O–H groups in total. The van der Waals surface area contributed by atoms with Crippen LogP contribution in [0.1, 0.15) is 34.2 Å². The van der Waals surface area contributed by atoms with Crippen molar-refractivity contribution in [2.45, 2.75) is 13.3 Å². The van der Waals surface area contributed by atoms with Crippen molar-refractivity contribution in [2.24, 2.45) is 12.8 Å². The summed E-state index contributed by atoms with van der Waals surface area (Å²) < 4.78 is 1.09. The molecule has 2 rings (SSSR count). The van der Waals surface area contributed by atoms with E-state index in [1.54, 1.807) is 19.1 Å². The third-order valence-corrected chi connectivity index (χ3v) is 3.91. The molecule has 0 spiro atoms. The van der Waals surface area contributed by atoms with Crippen LogP contribution >= 0.6 is 0 Å². The van der Waals surface area contributed by atoms with Crippen molar-refractivity contribution in [1.82, 2.24) is 14.7 Å². The number of nitrogens with zero attached hydrogens (tertiary/aromatic N) is 3. The highest BCUT2D eigenvalue weighted by molar-refractivity contribution is 5.95. The number of carbonyl (C=O) groups excluding carboxylic acids is 3. The van der Waals surface area contributed by atoms with E-state index in [-0.39, 0.29) is 36.0 Å².